The molecule has 0 aliphatic rings. The minimum absolute atomic E-state index is 0.0387. The molecule has 0 aliphatic carbocycles. The normalized spacial score (nSPS) is 18.6. The summed E-state index contributed by atoms with van der Waals surface area (Å²) in [6.45, 7) is 5.09. The summed E-state index contributed by atoms with van der Waals surface area (Å²) < 4.78 is 25.3. The second kappa shape index (κ2) is 5.73. The highest BCUT2D eigenvalue weighted by Gasteiger charge is 2.23. The summed E-state index contributed by atoms with van der Waals surface area (Å²) in [6, 6.07) is 0. The molecule has 0 saturated heterocycles. The highest BCUT2D eigenvalue weighted by Crippen LogP contribution is 2.44. The first kappa shape index (κ1) is 13.1. The summed E-state index contributed by atoms with van der Waals surface area (Å²) in [5.41, 5.74) is 0. The minimum atomic E-state index is -3.90. The highest BCUT2D eigenvalue weighted by molar-refractivity contribution is 7.47. The molecule has 0 aromatic rings. The fourth-order valence-corrected chi connectivity index (χ4v) is 1.56. The Morgan fingerprint density at radius 2 is 1.92 bits per heavy atom. The van der Waals surface area contributed by atoms with E-state index in [0.717, 1.165) is 0 Å². The summed E-state index contributed by atoms with van der Waals surface area (Å²) in [6.07, 6.45) is -0.565. The third-order valence-corrected chi connectivity index (χ3v) is 2.38. The van der Waals surface area contributed by atoms with Gasteiger partial charge in [-0.1, -0.05) is 0 Å². The van der Waals surface area contributed by atoms with Crippen LogP contribution in [0.2, 0.25) is 0 Å². The van der Waals surface area contributed by atoms with Gasteiger partial charge in [-0.05, 0) is 20.8 Å². The van der Waals surface area contributed by atoms with Gasteiger partial charge in [0.1, 0.15) is 0 Å². The zero-order valence-electron chi connectivity index (χ0n) is 8.39. The molecule has 2 atom stereocenters. The van der Waals surface area contributed by atoms with Crippen molar-refractivity contribution in [1.82, 2.24) is 0 Å². The Morgan fingerprint density at radius 1 is 1.38 bits per heavy atom. The molecule has 1 N–H and O–H groups in total. The first-order valence-corrected chi connectivity index (χ1v) is 5.55. The van der Waals surface area contributed by atoms with Gasteiger partial charge in [-0.25, -0.2) is 4.57 Å². The van der Waals surface area contributed by atoms with Crippen LogP contribution in [-0.2, 0) is 18.3 Å². The zero-order chi connectivity index (χ0) is 10.5. The van der Waals surface area contributed by atoms with Gasteiger partial charge in [-0.3, -0.25) is 9.05 Å². The molecule has 80 valence electrons. The van der Waals surface area contributed by atoms with E-state index in [-0.39, 0.29) is 18.8 Å². The lowest BCUT2D eigenvalue weighted by Gasteiger charge is -2.16. The van der Waals surface area contributed by atoms with E-state index in [0.29, 0.717) is 0 Å². The molecule has 0 heterocycles. The fourth-order valence-electron chi connectivity index (χ4n) is 0.564. The van der Waals surface area contributed by atoms with Gasteiger partial charge in [0, 0.05) is 7.11 Å². The van der Waals surface area contributed by atoms with Crippen LogP contribution in [0.5, 0.6) is 0 Å². The lowest BCUT2D eigenvalue weighted by atomic mass is 10.4. The Balaban J connectivity index is 3.82. The lowest BCUT2D eigenvalue weighted by Crippen LogP contribution is -2.14. The Morgan fingerprint density at radius 3 is 2.31 bits per heavy atom. The molecule has 1 unspecified atom stereocenters. The van der Waals surface area contributed by atoms with E-state index < -0.39 is 7.82 Å². The first-order valence-electron chi connectivity index (χ1n) is 4.06. The molecule has 13 heavy (non-hydrogen) atoms. The maximum atomic E-state index is 11.1. The van der Waals surface area contributed by atoms with Crippen LogP contribution in [0.4, 0.5) is 0 Å². The van der Waals surface area contributed by atoms with Crippen LogP contribution in [0.3, 0.4) is 0 Å². The highest BCUT2D eigenvalue weighted by atomic mass is 31.2. The standard InChI is InChI=1S/C7H17O5P/c1-6(2)12-13(8,9)11-5-7(3)10-4/h6-7H,5H2,1-4H3,(H,8,9)/t7-/m0/s1. The number of hydrogen-bond acceptors (Lipinski definition) is 4. The average molecular weight is 212 g/mol. The minimum Gasteiger partial charge on any atom is -0.379 e. The van der Waals surface area contributed by atoms with Crippen LogP contribution in [-0.4, -0.2) is 30.8 Å². The van der Waals surface area contributed by atoms with Gasteiger partial charge in [0.25, 0.3) is 0 Å². The third kappa shape index (κ3) is 7.16. The molecule has 0 radical (unpaired) electrons. The Kier molecular flexibility index (Phi) is 5.76. The lowest BCUT2D eigenvalue weighted by molar-refractivity contribution is 0.0446. The van der Waals surface area contributed by atoms with Crippen molar-refractivity contribution in [2.24, 2.45) is 0 Å². The van der Waals surface area contributed by atoms with Crippen molar-refractivity contribution >= 4 is 7.82 Å². The van der Waals surface area contributed by atoms with E-state index >= 15 is 0 Å². The molecule has 5 nitrogen and oxygen atoms in total. The van der Waals surface area contributed by atoms with Gasteiger partial charge in [0.2, 0.25) is 0 Å². The number of methoxy groups -OCH3 is 1. The molecule has 0 aliphatic heterocycles. The number of phosphoric acid groups is 1. The Bertz CT molecular complexity index is 182. The predicted octanol–water partition coefficient (Wildman–Crippen LogP) is 1.56. The molecule has 0 spiro atoms. The summed E-state index contributed by atoms with van der Waals surface area (Å²) in [5, 5.41) is 0. The number of rotatable bonds is 6. The monoisotopic (exact) mass is 212 g/mol. The molecular weight excluding hydrogens is 195 g/mol. The van der Waals surface area contributed by atoms with E-state index in [1.807, 2.05) is 0 Å². The maximum Gasteiger partial charge on any atom is 0.472 e. The molecule has 0 amide bonds. The Labute approximate surface area is 78.6 Å². The van der Waals surface area contributed by atoms with Crippen molar-refractivity contribution in [3.05, 3.63) is 0 Å². The molecule has 0 aromatic heterocycles. The van der Waals surface area contributed by atoms with Crippen LogP contribution in [0.25, 0.3) is 0 Å². The van der Waals surface area contributed by atoms with Crippen LogP contribution < -0.4 is 0 Å². The van der Waals surface area contributed by atoms with Crippen molar-refractivity contribution in [3.63, 3.8) is 0 Å². The smallest absolute Gasteiger partial charge is 0.379 e. The van der Waals surface area contributed by atoms with E-state index in [1.54, 1.807) is 20.8 Å². The Hall–Kier alpha value is 0.0700. The number of ether oxygens (including phenoxy) is 1. The first-order chi connectivity index (χ1) is 5.87. The molecule has 0 rings (SSSR count). The molecule has 0 saturated carbocycles. The van der Waals surface area contributed by atoms with Gasteiger partial charge in [0.05, 0.1) is 18.8 Å². The SMILES string of the molecule is CO[C@@H](C)COP(=O)(O)OC(C)C. The van der Waals surface area contributed by atoms with E-state index in [9.17, 15) is 4.57 Å². The zero-order valence-corrected chi connectivity index (χ0v) is 9.28. The van der Waals surface area contributed by atoms with Gasteiger partial charge in [-0.2, -0.15) is 0 Å². The van der Waals surface area contributed by atoms with Crippen molar-refractivity contribution in [2.45, 2.75) is 33.0 Å². The van der Waals surface area contributed by atoms with E-state index in [4.69, 9.17) is 9.63 Å². The van der Waals surface area contributed by atoms with Crippen molar-refractivity contribution in [1.29, 1.82) is 0 Å². The van der Waals surface area contributed by atoms with E-state index in [1.165, 1.54) is 7.11 Å². The van der Waals surface area contributed by atoms with Crippen molar-refractivity contribution in [2.75, 3.05) is 13.7 Å². The largest absolute Gasteiger partial charge is 0.472 e. The summed E-state index contributed by atoms with van der Waals surface area (Å²) in [7, 11) is -2.40. The summed E-state index contributed by atoms with van der Waals surface area (Å²) >= 11 is 0. The van der Waals surface area contributed by atoms with Crippen molar-refractivity contribution < 1.29 is 23.2 Å². The van der Waals surface area contributed by atoms with Gasteiger partial charge < -0.3 is 9.63 Å². The van der Waals surface area contributed by atoms with Crippen LogP contribution >= 0.6 is 7.82 Å². The van der Waals surface area contributed by atoms with Gasteiger partial charge in [0.15, 0.2) is 0 Å². The predicted molar refractivity (Wildman–Crippen MR) is 48.5 cm³/mol. The third-order valence-electron chi connectivity index (χ3n) is 1.22. The van der Waals surface area contributed by atoms with Gasteiger partial charge >= 0.3 is 7.82 Å². The van der Waals surface area contributed by atoms with Crippen LogP contribution in [0.15, 0.2) is 0 Å². The maximum absolute atomic E-state index is 11.1. The second-order valence-electron chi connectivity index (χ2n) is 2.96. The summed E-state index contributed by atoms with van der Waals surface area (Å²) in [4.78, 5) is 9.08. The van der Waals surface area contributed by atoms with Gasteiger partial charge in [-0.15, -0.1) is 0 Å². The average Bonchev–Trinajstić information content (AvgIpc) is 1.98. The second-order valence-corrected chi connectivity index (χ2v) is 4.37. The molecule has 0 fully saturated rings. The molecular formula is C7H17O5P. The summed E-state index contributed by atoms with van der Waals surface area (Å²) in [5.74, 6) is 0. The number of phosphoric ester groups is 1. The molecule has 0 aromatic carbocycles. The van der Waals surface area contributed by atoms with E-state index in [2.05, 4.69) is 9.05 Å². The topological polar surface area (TPSA) is 65.0 Å². The van der Waals surface area contributed by atoms with Crippen molar-refractivity contribution in [3.8, 4) is 0 Å². The quantitative estimate of drug-likeness (QED) is 0.677. The molecule has 6 heteroatoms. The van der Waals surface area contributed by atoms with Crippen LogP contribution in [0, 0.1) is 0 Å². The molecule has 0 bridgehead atoms. The fraction of sp³-hybridized carbons (Fsp3) is 1.00. The number of hydrogen-bond donors (Lipinski definition) is 1. The van der Waals surface area contributed by atoms with Crippen LogP contribution in [0.1, 0.15) is 20.8 Å².